The van der Waals surface area contributed by atoms with Gasteiger partial charge in [-0.25, -0.2) is 4.79 Å². The summed E-state index contributed by atoms with van der Waals surface area (Å²) in [5, 5.41) is 0. The molecule has 0 aliphatic heterocycles. The zero-order valence-electron chi connectivity index (χ0n) is 7.13. The van der Waals surface area contributed by atoms with Crippen LogP contribution in [-0.2, 0) is 4.79 Å². The fourth-order valence-corrected chi connectivity index (χ4v) is 0.904. The van der Waals surface area contributed by atoms with E-state index in [-0.39, 0.29) is 0 Å². The van der Waals surface area contributed by atoms with Gasteiger partial charge < -0.3 is 0 Å². The lowest BCUT2D eigenvalue weighted by molar-refractivity contribution is 0.569. The number of rotatable bonds is 1. The fraction of sp³-hybridized carbons (Fsp3) is 0.400. The van der Waals surface area contributed by atoms with Crippen molar-refractivity contribution >= 4 is 5.94 Å². The second-order valence-electron chi connectivity index (χ2n) is 2.64. The van der Waals surface area contributed by atoms with Gasteiger partial charge in [-0.05, 0) is 24.5 Å². The molecule has 0 saturated heterocycles. The highest BCUT2D eigenvalue weighted by Gasteiger charge is 2.00. The van der Waals surface area contributed by atoms with E-state index < -0.39 is 0 Å². The van der Waals surface area contributed by atoms with Crippen molar-refractivity contribution < 1.29 is 4.79 Å². The molecule has 0 aromatic carbocycles. The summed E-state index contributed by atoms with van der Waals surface area (Å²) in [6, 6.07) is 0. The normalized spacial score (nSPS) is 13.5. The summed E-state index contributed by atoms with van der Waals surface area (Å²) < 4.78 is 0. The fourth-order valence-electron chi connectivity index (χ4n) is 0.904. The van der Waals surface area contributed by atoms with Gasteiger partial charge in [-0.3, -0.25) is 0 Å². The average molecular weight is 150 g/mol. The standard InChI is InChI=1S/C8H12.C2H2O/c1-7(2)8-5-3-4-6-8;1-2-3/h3,5-7H,4H2,1-2H3;1H2. The molecule has 0 atom stereocenters. The van der Waals surface area contributed by atoms with E-state index in [1.165, 1.54) is 11.5 Å². The van der Waals surface area contributed by atoms with E-state index in [2.05, 4.69) is 38.7 Å². The molecule has 0 bridgehead atoms. The monoisotopic (exact) mass is 150 g/mol. The van der Waals surface area contributed by atoms with Crippen LogP contribution < -0.4 is 0 Å². The lowest BCUT2D eigenvalue weighted by Gasteiger charge is -1.99. The van der Waals surface area contributed by atoms with Gasteiger partial charge >= 0.3 is 0 Å². The number of hydrogen-bond donors (Lipinski definition) is 0. The van der Waals surface area contributed by atoms with Crippen LogP contribution in [0.3, 0.4) is 0 Å². The van der Waals surface area contributed by atoms with E-state index in [0.717, 1.165) is 6.42 Å². The van der Waals surface area contributed by atoms with Crippen LogP contribution in [0, 0.1) is 5.92 Å². The first-order valence-electron chi connectivity index (χ1n) is 3.73. The summed E-state index contributed by atoms with van der Waals surface area (Å²) >= 11 is 0. The number of allylic oxidation sites excluding steroid dienone is 4. The Balaban J connectivity index is 0.000000292. The quantitative estimate of drug-likeness (QED) is 0.525. The van der Waals surface area contributed by atoms with E-state index in [0.29, 0.717) is 5.92 Å². The molecule has 0 amide bonds. The smallest absolute Gasteiger partial charge is 0.116 e. The van der Waals surface area contributed by atoms with Gasteiger partial charge in [-0.2, -0.15) is 0 Å². The topological polar surface area (TPSA) is 17.1 Å². The van der Waals surface area contributed by atoms with Crippen molar-refractivity contribution in [1.82, 2.24) is 0 Å². The Kier molecular flexibility index (Phi) is 5.14. The molecule has 11 heavy (non-hydrogen) atoms. The van der Waals surface area contributed by atoms with Crippen LogP contribution in [0.1, 0.15) is 20.3 Å². The van der Waals surface area contributed by atoms with Crippen molar-refractivity contribution in [1.29, 1.82) is 0 Å². The van der Waals surface area contributed by atoms with E-state index in [1.54, 1.807) is 0 Å². The minimum Gasteiger partial charge on any atom is -0.234 e. The van der Waals surface area contributed by atoms with Gasteiger partial charge in [0.2, 0.25) is 0 Å². The summed E-state index contributed by atoms with van der Waals surface area (Å²) in [4.78, 5) is 8.57. The predicted octanol–water partition coefficient (Wildman–Crippen LogP) is 2.53. The molecule has 1 nitrogen and oxygen atoms in total. The van der Waals surface area contributed by atoms with Crippen molar-refractivity contribution in [3.63, 3.8) is 0 Å². The summed E-state index contributed by atoms with van der Waals surface area (Å²) in [7, 11) is 0. The van der Waals surface area contributed by atoms with Crippen molar-refractivity contribution in [2.24, 2.45) is 5.92 Å². The van der Waals surface area contributed by atoms with Gasteiger partial charge in [0.15, 0.2) is 0 Å². The molecule has 0 fully saturated rings. The first kappa shape index (κ1) is 9.93. The molecule has 0 spiro atoms. The molecule has 1 rings (SSSR count). The summed E-state index contributed by atoms with van der Waals surface area (Å²) in [6.07, 6.45) is 7.85. The van der Waals surface area contributed by atoms with Crippen molar-refractivity contribution in [2.75, 3.05) is 0 Å². The molecule has 0 unspecified atom stereocenters. The molecule has 0 saturated carbocycles. The van der Waals surface area contributed by atoms with Crippen LogP contribution in [0.4, 0.5) is 0 Å². The third kappa shape index (κ3) is 4.35. The Labute approximate surface area is 68.1 Å². The van der Waals surface area contributed by atoms with E-state index >= 15 is 0 Å². The molecule has 0 radical (unpaired) electrons. The lowest BCUT2D eigenvalue weighted by Crippen LogP contribution is -1.85. The van der Waals surface area contributed by atoms with Gasteiger partial charge in [0.05, 0.1) is 0 Å². The van der Waals surface area contributed by atoms with Crippen LogP contribution in [-0.4, -0.2) is 5.94 Å². The van der Waals surface area contributed by atoms with Gasteiger partial charge in [0, 0.05) is 0 Å². The Morgan fingerprint density at radius 1 is 1.64 bits per heavy atom. The van der Waals surface area contributed by atoms with E-state index in [9.17, 15) is 0 Å². The molecular weight excluding hydrogens is 136 g/mol. The maximum absolute atomic E-state index is 8.57. The first-order valence-corrected chi connectivity index (χ1v) is 3.73. The molecule has 0 heterocycles. The second-order valence-corrected chi connectivity index (χ2v) is 2.64. The van der Waals surface area contributed by atoms with Gasteiger partial charge in [-0.1, -0.05) is 32.1 Å². The Morgan fingerprint density at radius 2 is 2.18 bits per heavy atom. The van der Waals surface area contributed by atoms with Crippen molar-refractivity contribution in [3.05, 3.63) is 30.4 Å². The zero-order valence-corrected chi connectivity index (χ0v) is 7.13. The maximum atomic E-state index is 8.57. The largest absolute Gasteiger partial charge is 0.234 e. The molecule has 1 aliphatic carbocycles. The van der Waals surface area contributed by atoms with Gasteiger partial charge in [-0.15, -0.1) is 0 Å². The Morgan fingerprint density at radius 3 is 2.36 bits per heavy atom. The van der Waals surface area contributed by atoms with Crippen LogP contribution in [0.15, 0.2) is 30.4 Å². The van der Waals surface area contributed by atoms with Crippen LogP contribution in [0.5, 0.6) is 0 Å². The highest BCUT2D eigenvalue weighted by molar-refractivity contribution is 5.38. The molecule has 1 heteroatoms. The van der Waals surface area contributed by atoms with E-state index in [1.807, 2.05) is 0 Å². The van der Waals surface area contributed by atoms with Crippen molar-refractivity contribution in [2.45, 2.75) is 20.3 Å². The second kappa shape index (κ2) is 5.70. The molecule has 60 valence electrons. The minimum atomic E-state index is 0.716. The molecular formula is C10H14O. The molecule has 0 N–H and O–H groups in total. The predicted molar refractivity (Wildman–Crippen MR) is 48.0 cm³/mol. The highest BCUT2D eigenvalue weighted by atomic mass is 16.1. The van der Waals surface area contributed by atoms with Crippen LogP contribution in [0.25, 0.3) is 0 Å². The first-order chi connectivity index (χ1) is 5.22. The van der Waals surface area contributed by atoms with Gasteiger partial charge in [0.25, 0.3) is 0 Å². The number of hydrogen-bond acceptors (Lipinski definition) is 1. The maximum Gasteiger partial charge on any atom is 0.116 e. The van der Waals surface area contributed by atoms with Gasteiger partial charge in [0.1, 0.15) is 5.94 Å². The molecule has 0 aromatic heterocycles. The third-order valence-electron chi connectivity index (χ3n) is 1.47. The average Bonchev–Trinajstić information content (AvgIpc) is 2.38. The highest BCUT2D eigenvalue weighted by Crippen LogP contribution is 2.16. The van der Waals surface area contributed by atoms with Crippen molar-refractivity contribution in [3.8, 4) is 0 Å². The summed E-state index contributed by atoms with van der Waals surface area (Å²) in [5.41, 5.74) is 1.49. The summed E-state index contributed by atoms with van der Waals surface area (Å²) in [5.74, 6) is 1.97. The van der Waals surface area contributed by atoms with E-state index in [4.69, 9.17) is 4.79 Å². The molecule has 1 aliphatic rings. The number of carbonyl (C=O) groups excluding carboxylic acids is 1. The Bertz CT molecular complexity index is 191. The SMILES string of the molecule is C=C=O.CC(C)C1=CCC=C1. The third-order valence-corrected chi connectivity index (χ3v) is 1.47. The zero-order chi connectivity index (χ0) is 8.69. The van der Waals surface area contributed by atoms with Crippen LogP contribution in [0.2, 0.25) is 0 Å². The lowest BCUT2D eigenvalue weighted by atomic mass is 10.1. The summed E-state index contributed by atoms with van der Waals surface area (Å²) in [6.45, 7) is 7.13. The Hall–Kier alpha value is -1.07. The molecule has 0 aromatic rings. The minimum absolute atomic E-state index is 0.716. The van der Waals surface area contributed by atoms with Crippen LogP contribution >= 0.6 is 0 Å².